The average Bonchev–Trinajstić information content (AvgIpc) is 2.72. The number of aryl methyl sites for hydroxylation is 2. The Hall–Kier alpha value is -1.54. The van der Waals surface area contributed by atoms with Gasteiger partial charge in [0.2, 0.25) is 0 Å². The molecule has 0 bridgehead atoms. The van der Waals surface area contributed by atoms with Crippen LogP contribution in [0.15, 0.2) is 36.4 Å². The minimum atomic E-state index is 0.176. The van der Waals surface area contributed by atoms with Crippen LogP contribution in [-0.4, -0.2) is 16.3 Å². The maximum Gasteiger partial charge on any atom is 0.0610 e. The molecule has 0 amide bonds. The van der Waals surface area contributed by atoms with Gasteiger partial charge >= 0.3 is 0 Å². The molecular formula is C15H19NO. The topological polar surface area (TPSA) is 25.2 Å². The van der Waals surface area contributed by atoms with E-state index in [1.165, 1.54) is 22.5 Å². The first-order valence-corrected chi connectivity index (χ1v) is 6.12. The van der Waals surface area contributed by atoms with E-state index in [0.717, 1.165) is 6.42 Å². The van der Waals surface area contributed by atoms with Gasteiger partial charge in [-0.3, -0.25) is 0 Å². The second-order valence-corrected chi connectivity index (χ2v) is 4.29. The SMILES string of the molecule is CCc1ccc(-c2ccc(C)n2CCO)cc1. The maximum atomic E-state index is 9.10. The van der Waals surface area contributed by atoms with Gasteiger partial charge in [-0.05, 0) is 36.6 Å². The Labute approximate surface area is 103 Å². The van der Waals surface area contributed by atoms with E-state index < -0.39 is 0 Å². The molecule has 90 valence electrons. The standard InChI is InChI=1S/C15H19NO/c1-3-13-5-7-14(8-6-13)15-9-4-12(2)16(15)10-11-17/h4-9,17H,3,10-11H2,1-2H3. The third kappa shape index (κ3) is 2.42. The number of aliphatic hydroxyl groups excluding tert-OH is 1. The van der Waals surface area contributed by atoms with Crippen LogP contribution < -0.4 is 0 Å². The number of hydrogen-bond donors (Lipinski definition) is 1. The lowest BCUT2D eigenvalue weighted by atomic mass is 10.1. The van der Waals surface area contributed by atoms with Gasteiger partial charge in [0.05, 0.1) is 6.61 Å². The van der Waals surface area contributed by atoms with Gasteiger partial charge in [0.25, 0.3) is 0 Å². The van der Waals surface area contributed by atoms with E-state index in [1.807, 2.05) is 0 Å². The Morgan fingerprint density at radius 1 is 1.06 bits per heavy atom. The van der Waals surface area contributed by atoms with Crippen molar-refractivity contribution < 1.29 is 5.11 Å². The van der Waals surface area contributed by atoms with Crippen LogP contribution in [0, 0.1) is 6.92 Å². The lowest BCUT2D eigenvalue weighted by Crippen LogP contribution is -2.05. The van der Waals surface area contributed by atoms with Crippen molar-refractivity contribution in [2.75, 3.05) is 6.61 Å². The van der Waals surface area contributed by atoms with E-state index in [1.54, 1.807) is 0 Å². The van der Waals surface area contributed by atoms with Gasteiger partial charge in [0.1, 0.15) is 0 Å². The van der Waals surface area contributed by atoms with Crippen LogP contribution in [0.25, 0.3) is 11.3 Å². The van der Waals surface area contributed by atoms with Gasteiger partial charge < -0.3 is 9.67 Å². The number of benzene rings is 1. The van der Waals surface area contributed by atoms with E-state index in [2.05, 4.69) is 54.8 Å². The third-order valence-electron chi connectivity index (χ3n) is 3.18. The van der Waals surface area contributed by atoms with Crippen molar-refractivity contribution in [1.82, 2.24) is 4.57 Å². The van der Waals surface area contributed by atoms with E-state index in [0.29, 0.717) is 6.54 Å². The highest BCUT2D eigenvalue weighted by atomic mass is 16.3. The molecule has 2 aromatic rings. The van der Waals surface area contributed by atoms with E-state index in [-0.39, 0.29) is 6.61 Å². The highest BCUT2D eigenvalue weighted by molar-refractivity contribution is 5.61. The number of aromatic nitrogens is 1. The Kier molecular flexibility index (Phi) is 3.64. The van der Waals surface area contributed by atoms with Crippen LogP contribution in [0.3, 0.4) is 0 Å². The van der Waals surface area contributed by atoms with Gasteiger partial charge in [-0.25, -0.2) is 0 Å². The normalized spacial score (nSPS) is 10.8. The maximum absolute atomic E-state index is 9.10. The molecule has 17 heavy (non-hydrogen) atoms. The van der Waals surface area contributed by atoms with Crippen molar-refractivity contribution in [2.24, 2.45) is 0 Å². The first-order chi connectivity index (χ1) is 8.26. The van der Waals surface area contributed by atoms with Gasteiger partial charge in [0, 0.05) is 17.9 Å². The summed E-state index contributed by atoms with van der Waals surface area (Å²) >= 11 is 0. The molecular weight excluding hydrogens is 210 g/mol. The largest absolute Gasteiger partial charge is 0.395 e. The molecule has 2 heteroatoms. The summed E-state index contributed by atoms with van der Waals surface area (Å²) in [6.45, 7) is 5.06. The molecule has 0 unspecified atom stereocenters. The molecule has 0 aliphatic carbocycles. The van der Waals surface area contributed by atoms with Crippen LogP contribution in [0.5, 0.6) is 0 Å². The molecule has 0 aliphatic rings. The van der Waals surface area contributed by atoms with Crippen LogP contribution >= 0.6 is 0 Å². The fourth-order valence-electron chi connectivity index (χ4n) is 2.13. The highest BCUT2D eigenvalue weighted by Crippen LogP contribution is 2.23. The lowest BCUT2D eigenvalue weighted by molar-refractivity contribution is 0.276. The summed E-state index contributed by atoms with van der Waals surface area (Å²) in [5, 5.41) is 9.10. The second kappa shape index (κ2) is 5.19. The van der Waals surface area contributed by atoms with E-state index in [9.17, 15) is 0 Å². The van der Waals surface area contributed by atoms with Crippen molar-refractivity contribution in [2.45, 2.75) is 26.8 Å². The lowest BCUT2D eigenvalue weighted by Gasteiger charge is -2.10. The molecule has 0 atom stereocenters. The van der Waals surface area contributed by atoms with Crippen molar-refractivity contribution >= 4 is 0 Å². The zero-order chi connectivity index (χ0) is 12.3. The van der Waals surface area contributed by atoms with Gasteiger partial charge in [-0.1, -0.05) is 31.2 Å². The third-order valence-corrected chi connectivity index (χ3v) is 3.18. The molecule has 0 fully saturated rings. The predicted molar refractivity (Wildman–Crippen MR) is 71.1 cm³/mol. The summed E-state index contributed by atoms with van der Waals surface area (Å²) in [5.74, 6) is 0. The molecule has 2 nitrogen and oxygen atoms in total. The predicted octanol–water partition coefficient (Wildman–Crippen LogP) is 3.02. The number of nitrogens with zero attached hydrogens (tertiary/aromatic N) is 1. The summed E-state index contributed by atoms with van der Waals surface area (Å²) in [5.41, 5.74) is 4.93. The number of aliphatic hydroxyl groups is 1. The first-order valence-electron chi connectivity index (χ1n) is 6.12. The Morgan fingerprint density at radius 2 is 1.76 bits per heavy atom. The highest BCUT2D eigenvalue weighted by Gasteiger charge is 2.06. The Bertz CT molecular complexity index is 482. The second-order valence-electron chi connectivity index (χ2n) is 4.29. The molecule has 1 aromatic carbocycles. The van der Waals surface area contributed by atoms with Crippen molar-refractivity contribution in [3.8, 4) is 11.3 Å². The van der Waals surface area contributed by atoms with Crippen molar-refractivity contribution in [3.63, 3.8) is 0 Å². The van der Waals surface area contributed by atoms with Crippen LogP contribution in [0.2, 0.25) is 0 Å². The van der Waals surface area contributed by atoms with Gasteiger partial charge in [-0.2, -0.15) is 0 Å². The van der Waals surface area contributed by atoms with Gasteiger partial charge in [0.15, 0.2) is 0 Å². The zero-order valence-corrected chi connectivity index (χ0v) is 10.5. The number of hydrogen-bond acceptors (Lipinski definition) is 1. The Balaban J connectivity index is 2.38. The zero-order valence-electron chi connectivity index (χ0n) is 10.5. The molecule has 0 saturated carbocycles. The average molecular weight is 229 g/mol. The summed E-state index contributed by atoms with van der Waals surface area (Å²) in [6.07, 6.45) is 1.07. The summed E-state index contributed by atoms with van der Waals surface area (Å²) in [4.78, 5) is 0. The molecule has 2 rings (SSSR count). The minimum absolute atomic E-state index is 0.176. The van der Waals surface area contributed by atoms with Crippen LogP contribution in [0.4, 0.5) is 0 Å². The van der Waals surface area contributed by atoms with Crippen molar-refractivity contribution in [1.29, 1.82) is 0 Å². The Morgan fingerprint density at radius 3 is 2.35 bits per heavy atom. The summed E-state index contributed by atoms with van der Waals surface area (Å²) in [6, 6.07) is 12.9. The fourth-order valence-corrected chi connectivity index (χ4v) is 2.13. The van der Waals surface area contributed by atoms with Crippen molar-refractivity contribution in [3.05, 3.63) is 47.7 Å². The van der Waals surface area contributed by atoms with Crippen LogP contribution in [0.1, 0.15) is 18.2 Å². The molecule has 0 aliphatic heterocycles. The monoisotopic (exact) mass is 229 g/mol. The van der Waals surface area contributed by atoms with Gasteiger partial charge in [-0.15, -0.1) is 0 Å². The minimum Gasteiger partial charge on any atom is -0.395 e. The van der Waals surface area contributed by atoms with Crippen LogP contribution in [-0.2, 0) is 13.0 Å². The smallest absolute Gasteiger partial charge is 0.0610 e. The molecule has 1 aromatic heterocycles. The number of rotatable bonds is 4. The fraction of sp³-hybridized carbons (Fsp3) is 0.333. The summed E-state index contributed by atoms with van der Waals surface area (Å²) in [7, 11) is 0. The molecule has 1 N–H and O–H groups in total. The van der Waals surface area contributed by atoms with E-state index in [4.69, 9.17) is 5.11 Å². The molecule has 0 spiro atoms. The summed E-state index contributed by atoms with van der Waals surface area (Å²) < 4.78 is 2.15. The molecule has 0 radical (unpaired) electrons. The quantitative estimate of drug-likeness (QED) is 0.856. The molecule has 0 saturated heterocycles. The molecule has 1 heterocycles. The first kappa shape index (κ1) is 11.9. The van der Waals surface area contributed by atoms with E-state index >= 15 is 0 Å².